The first-order chi connectivity index (χ1) is 9.76. The van der Waals surface area contributed by atoms with Gasteiger partial charge in [0.15, 0.2) is 0 Å². The zero-order valence-electron chi connectivity index (χ0n) is 12.0. The molecule has 2 aliphatic heterocycles. The molecule has 2 bridgehead atoms. The number of rotatable bonds is 5. The quantitative estimate of drug-likeness (QED) is 0.894. The van der Waals surface area contributed by atoms with Crippen molar-refractivity contribution >= 4 is 0 Å². The lowest BCUT2D eigenvalue weighted by Gasteiger charge is -2.36. The van der Waals surface area contributed by atoms with E-state index in [0.717, 1.165) is 30.9 Å². The molecule has 2 saturated heterocycles. The maximum absolute atomic E-state index is 9.79. The van der Waals surface area contributed by atoms with Gasteiger partial charge in [-0.1, -0.05) is 0 Å². The van der Waals surface area contributed by atoms with Gasteiger partial charge in [-0.05, 0) is 49.9 Å². The maximum Gasteiger partial charge on any atom is 0.119 e. The van der Waals surface area contributed by atoms with Crippen molar-refractivity contribution in [1.82, 2.24) is 4.90 Å². The van der Waals surface area contributed by atoms with Crippen molar-refractivity contribution in [3.63, 3.8) is 0 Å². The molecule has 0 aromatic heterocycles. The Morgan fingerprint density at radius 3 is 2.30 bits per heavy atom. The van der Waals surface area contributed by atoms with E-state index in [0.29, 0.717) is 18.7 Å². The molecule has 0 amide bonds. The minimum absolute atomic E-state index is 0.0914. The van der Waals surface area contributed by atoms with Gasteiger partial charge in [0, 0.05) is 18.6 Å². The third-order valence-electron chi connectivity index (χ3n) is 4.54. The van der Waals surface area contributed by atoms with Crippen LogP contribution in [0.2, 0.25) is 0 Å². The monoisotopic (exact) mass is 277 g/mol. The molecule has 2 atom stereocenters. The fraction of sp³-hybridized carbons (Fsp3) is 0.625. The fourth-order valence-corrected chi connectivity index (χ4v) is 3.55. The Morgan fingerprint density at radius 2 is 1.70 bits per heavy atom. The summed E-state index contributed by atoms with van der Waals surface area (Å²) in [4.78, 5) is 2.52. The highest BCUT2D eigenvalue weighted by Crippen LogP contribution is 2.35. The lowest BCUT2D eigenvalue weighted by atomic mass is 10.0. The van der Waals surface area contributed by atoms with E-state index in [1.807, 2.05) is 24.3 Å². The molecule has 2 unspecified atom stereocenters. The van der Waals surface area contributed by atoms with E-state index < -0.39 is 0 Å². The summed E-state index contributed by atoms with van der Waals surface area (Å²) in [6.07, 6.45) is 4.22. The van der Waals surface area contributed by atoms with E-state index in [-0.39, 0.29) is 6.10 Å². The molecule has 0 saturated carbocycles. The second-order valence-electron chi connectivity index (χ2n) is 5.77. The van der Waals surface area contributed by atoms with Crippen molar-refractivity contribution in [3.8, 4) is 11.5 Å². The lowest BCUT2D eigenvalue weighted by Crippen LogP contribution is -2.46. The van der Waals surface area contributed by atoms with Crippen molar-refractivity contribution in [1.29, 1.82) is 0 Å². The maximum atomic E-state index is 9.79. The summed E-state index contributed by atoms with van der Waals surface area (Å²) in [6, 6.07) is 8.82. The zero-order valence-corrected chi connectivity index (χ0v) is 12.0. The summed E-state index contributed by atoms with van der Waals surface area (Å²) >= 11 is 0. The average molecular weight is 277 g/mol. The van der Waals surface area contributed by atoms with Crippen LogP contribution in [0.1, 0.15) is 25.7 Å². The van der Waals surface area contributed by atoms with E-state index >= 15 is 0 Å². The van der Waals surface area contributed by atoms with Crippen LogP contribution in [0.5, 0.6) is 11.5 Å². The Kier molecular flexibility index (Phi) is 4.13. The van der Waals surface area contributed by atoms with Crippen LogP contribution >= 0.6 is 0 Å². The van der Waals surface area contributed by atoms with Crippen molar-refractivity contribution in [2.24, 2.45) is 0 Å². The number of aliphatic hydroxyl groups is 1. The highest BCUT2D eigenvalue weighted by molar-refractivity contribution is 5.31. The van der Waals surface area contributed by atoms with Gasteiger partial charge in [-0.2, -0.15) is 0 Å². The Morgan fingerprint density at radius 1 is 1.10 bits per heavy atom. The van der Waals surface area contributed by atoms with Crippen LogP contribution in [0.3, 0.4) is 0 Å². The molecule has 1 aromatic rings. The fourth-order valence-electron chi connectivity index (χ4n) is 3.55. The van der Waals surface area contributed by atoms with Gasteiger partial charge >= 0.3 is 0 Å². The number of methoxy groups -OCH3 is 1. The predicted octanol–water partition coefficient (Wildman–Crippen LogP) is 2.06. The Hall–Kier alpha value is -1.26. The zero-order chi connectivity index (χ0) is 13.9. The SMILES string of the molecule is COc1ccc(OCCN2C3CCC2CC(O)C3)cc1. The van der Waals surface area contributed by atoms with Crippen LogP contribution in [0.25, 0.3) is 0 Å². The normalized spacial score (nSPS) is 29.4. The first-order valence-electron chi connectivity index (χ1n) is 7.47. The molecule has 0 aliphatic carbocycles. The van der Waals surface area contributed by atoms with E-state index in [4.69, 9.17) is 9.47 Å². The number of hydrogen-bond donors (Lipinski definition) is 1. The molecule has 0 spiro atoms. The summed E-state index contributed by atoms with van der Waals surface area (Å²) in [7, 11) is 1.66. The van der Waals surface area contributed by atoms with Crippen LogP contribution in [0.15, 0.2) is 24.3 Å². The summed E-state index contributed by atoms with van der Waals surface area (Å²) in [6.45, 7) is 1.66. The molecule has 3 rings (SSSR count). The summed E-state index contributed by atoms with van der Waals surface area (Å²) in [5, 5.41) is 9.79. The Bertz CT molecular complexity index is 420. The minimum Gasteiger partial charge on any atom is -0.497 e. The molecule has 0 radical (unpaired) electrons. The van der Waals surface area contributed by atoms with E-state index in [2.05, 4.69) is 4.90 Å². The number of aliphatic hydroxyl groups excluding tert-OH is 1. The van der Waals surface area contributed by atoms with Crippen LogP contribution in [0.4, 0.5) is 0 Å². The molecule has 20 heavy (non-hydrogen) atoms. The lowest BCUT2D eigenvalue weighted by molar-refractivity contribution is 0.0288. The Balaban J connectivity index is 1.48. The van der Waals surface area contributed by atoms with Gasteiger partial charge in [0.25, 0.3) is 0 Å². The van der Waals surface area contributed by atoms with Crippen molar-refractivity contribution < 1.29 is 14.6 Å². The average Bonchev–Trinajstić information content (AvgIpc) is 2.70. The molecule has 1 N–H and O–H groups in total. The van der Waals surface area contributed by atoms with Crippen LogP contribution in [0, 0.1) is 0 Å². The van der Waals surface area contributed by atoms with Crippen molar-refractivity contribution in [2.75, 3.05) is 20.3 Å². The van der Waals surface area contributed by atoms with E-state index in [1.54, 1.807) is 7.11 Å². The van der Waals surface area contributed by atoms with Gasteiger partial charge in [-0.3, -0.25) is 4.90 Å². The number of hydrogen-bond acceptors (Lipinski definition) is 4. The molecule has 2 heterocycles. The van der Waals surface area contributed by atoms with Crippen LogP contribution < -0.4 is 9.47 Å². The second kappa shape index (κ2) is 6.02. The molecule has 4 nitrogen and oxygen atoms in total. The number of nitrogens with zero attached hydrogens (tertiary/aromatic N) is 1. The molecule has 4 heteroatoms. The van der Waals surface area contributed by atoms with Gasteiger partial charge in [0.05, 0.1) is 13.2 Å². The summed E-state index contributed by atoms with van der Waals surface area (Å²) < 4.78 is 10.9. The third kappa shape index (κ3) is 2.91. The second-order valence-corrected chi connectivity index (χ2v) is 5.77. The van der Waals surface area contributed by atoms with Gasteiger partial charge < -0.3 is 14.6 Å². The minimum atomic E-state index is -0.0914. The molecular weight excluding hydrogens is 254 g/mol. The van der Waals surface area contributed by atoms with Gasteiger partial charge in [0.2, 0.25) is 0 Å². The summed E-state index contributed by atoms with van der Waals surface area (Å²) in [5.74, 6) is 1.73. The number of piperidine rings is 1. The molecule has 1 aromatic carbocycles. The molecule has 2 fully saturated rings. The van der Waals surface area contributed by atoms with Gasteiger partial charge in [-0.15, -0.1) is 0 Å². The highest BCUT2D eigenvalue weighted by atomic mass is 16.5. The van der Waals surface area contributed by atoms with Gasteiger partial charge in [0.1, 0.15) is 18.1 Å². The summed E-state index contributed by atoms with van der Waals surface area (Å²) in [5.41, 5.74) is 0. The predicted molar refractivity (Wildman–Crippen MR) is 77.2 cm³/mol. The number of ether oxygens (including phenoxy) is 2. The highest BCUT2D eigenvalue weighted by Gasteiger charge is 2.39. The number of benzene rings is 1. The topological polar surface area (TPSA) is 41.9 Å². The number of fused-ring (bicyclic) bond motifs is 2. The van der Waals surface area contributed by atoms with Gasteiger partial charge in [-0.25, -0.2) is 0 Å². The van der Waals surface area contributed by atoms with Crippen molar-refractivity contribution in [2.45, 2.75) is 43.9 Å². The molecule has 110 valence electrons. The van der Waals surface area contributed by atoms with E-state index in [9.17, 15) is 5.11 Å². The molecular formula is C16H23NO3. The third-order valence-corrected chi connectivity index (χ3v) is 4.54. The smallest absolute Gasteiger partial charge is 0.119 e. The van der Waals surface area contributed by atoms with Crippen molar-refractivity contribution in [3.05, 3.63) is 24.3 Å². The first-order valence-corrected chi connectivity index (χ1v) is 7.47. The largest absolute Gasteiger partial charge is 0.497 e. The first kappa shape index (κ1) is 13.7. The standard InChI is InChI=1S/C16H23NO3/c1-19-15-4-6-16(7-5-15)20-9-8-17-12-2-3-13(17)11-14(18)10-12/h4-7,12-14,18H,2-3,8-11H2,1H3. The van der Waals surface area contributed by atoms with Crippen LogP contribution in [-0.2, 0) is 0 Å². The van der Waals surface area contributed by atoms with Crippen LogP contribution in [-0.4, -0.2) is 48.5 Å². The van der Waals surface area contributed by atoms with E-state index in [1.165, 1.54) is 12.8 Å². The molecule has 2 aliphatic rings. The Labute approximate surface area is 120 Å².